The number of pyridine rings is 1. The van der Waals surface area contributed by atoms with Crippen LogP contribution in [0.5, 0.6) is 0 Å². The summed E-state index contributed by atoms with van der Waals surface area (Å²) in [5.41, 5.74) is 3.30. The Morgan fingerprint density at radius 1 is 1.10 bits per heavy atom. The number of likely N-dealkylation sites (tertiary alicyclic amines) is 1. The summed E-state index contributed by atoms with van der Waals surface area (Å²) in [6.07, 6.45) is 2.88. The van der Waals surface area contributed by atoms with Gasteiger partial charge in [0, 0.05) is 33.4 Å². The first-order chi connectivity index (χ1) is 14.5. The fourth-order valence-electron chi connectivity index (χ4n) is 4.20. The van der Waals surface area contributed by atoms with E-state index in [2.05, 4.69) is 46.1 Å². The molecule has 1 aromatic carbocycles. The predicted octanol–water partition coefficient (Wildman–Crippen LogP) is 3.97. The molecule has 0 saturated carbocycles. The molecule has 0 aliphatic carbocycles. The van der Waals surface area contributed by atoms with Gasteiger partial charge in [0.25, 0.3) is 5.91 Å². The Morgan fingerprint density at radius 3 is 2.53 bits per heavy atom. The van der Waals surface area contributed by atoms with Crippen LogP contribution < -0.4 is 0 Å². The number of carbonyl (C=O) groups is 2. The molecule has 0 N–H and O–H groups in total. The second-order valence-electron chi connectivity index (χ2n) is 8.06. The van der Waals surface area contributed by atoms with Crippen LogP contribution in [0.25, 0.3) is 11.1 Å². The Kier molecular flexibility index (Phi) is 5.68. The molecule has 3 heterocycles. The highest BCUT2D eigenvalue weighted by molar-refractivity contribution is 7.08. The van der Waals surface area contributed by atoms with Crippen molar-refractivity contribution in [1.29, 1.82) is 0 Å². The van der Waals surface area contributed by atoms with Crippen molar-refractivity contribution in [3.8, 4) is 11.1 Å². The van der Waals surface area contributed by atoms with Crippen molar-refractivity contribution in [3.63, 3.8) is 0 Å². The topological polar surface area (TPSA) is 53.5 Å². The van der Waals surface area contributed by atoms with E-state index in [1.807, 2.05) is 6.07 Å². The van der Waals surface area contributed by atoms with Gasteiger partial charge < -0.3 is 9.80 Å². The number of benzene rings is 1. The fourth-order valence-corrected chi connectivity index (χ4v) is 4.87. The van der Waals surface area contributed by atoms with Gasteiger partial charge in [0.15, 0.2) is 0 Å². The van der Waals surface area contributed by atoms with E-state index < -0.39 is 5.41 Å². The summed E-state index contributed by atoms with van der Waals surface area (Å²) < 4.78 is 0. The average Bonchev–Trinajstić information content (AvgIpc) is 3.45. The molecule has 1 atom stereocenters. The summed E-state index contributed by atoms with van der Waals surface area (Å²) in [4.78, 5) is 33.7. The summed E-state index contributed by atoms with van der Waals surface area (Å²) in [7, 11) is 3.57. The second kappa shape index (κ2) is 8.40. The first-order valence-corrected chi connectivity index (χ1v) is 11.0. The van der Waals surface area contributed by atoms with E-state index in [4.69, 9.17) is 0 Å². The van der Waals surface area contributed by atoms with Gasteiger partial charge in [-0.1, -0.05) is 30.3 Å². The third-order valence-electron chi connectivity index (χ3n) is 5.74. The minimum absolute atomic E-state index is 0.0701. The highest BCUT2D eigenvalue weighted by atomic mass is 32.1. The van der Waals surface area contributed by atoms with E-state index in [0.717, 1.165) is 5.56 Å². The number of nitrogens with zero attached hydrogens (tertiary/aromatic N) is 3. The van der Waals surface area contributed by atoms with Crippen molar-refractivity contribution in [3.05, 3.63) is 76.7 Å². The van der Waals surface area contributed by atoms with Gasteiger partial charge in [0.1, 0.15) is 5.69 Å². The van der Waals surface area contributed by atoms with Crippen LogP contribution in [-0.2, 0) is 11.2 Å². The molecule has 30 heavy (non-hydrogen) atoms. The molecule has 0 unspecified atom stereocenters. The lowest BCUT2D eigenvalue weighted by Crippen LogP contribution is -2.44. The average molecular weight is 420 g/mol. The van der Waals surface area contributed by atoms with E-state index in [1.54, 1.807) is 53.6 Å². The molecule has 6 heteroatoms. The van der Waals surface area contributed by atoms with Crippen LogP contribution in [0.2, 0.25) is 0 Å². The summed E-state index contributed by atoms with van der Waals surface area (Å²) in [6.45, 7) is 0.966. The fraction of sp³-hybridized carbons (Fsp3) is 0.292. The molecule has 1 saturated heterocycles. The minimum atomic E-state index is -0.613. The quantitative estimate of drug-likeness (QED) is 0.629. The third kappa shape index (κ3) is 4.00. The Balaban J connectivity index is 1.56. The third-order valence-corrected chi connectivity index (χ3v) is 6.42. The van der Waals surface area contributed by atoms with Crippen molar-refractivity contribution in [1.82, 2.24) is 14.8 Å². The molecule has 0 spiro atoms. The molecule has 4 rings (SSSR count). The van der Waals surface area contributed by atoms with Gasteiger partial charge in [-0.05, 0) is 58.5 Å². The van der Waals surface area contributed by atoms with Gasteiger partial charge in [0.2, 0.25) is 5.91 Å². The minimum Gasteiger partial charge on any atom is -0.348 e. The number of hydrogen-bond acceptors (Lipinski definition) is 4. The van der Waals surface area contributed by atoms with E-state index in [-0.39, 0.29) is 11.8 Å². The van der Waals surface area contributed by atoms with E-state index in [9.17, 15) is 9.59 Å². The normalized spacial score (nSPS) is 18.4. The summed E-state index contributed by atoms with van der Waals surface area (Å²) >= 11 is 1.68. The molecule has 154 valence electrons. The smallest absolute Gasteiger partial charge is 0.272 e. The zero-order valence-electron chi connectivity index (χ0n) is 17.2. The molecule has 2 amide bonds. The van der Waals surface area contributed by atoms with E-state index in [0.29, 0.717) is 31.6 Å². The van der Waals surface area contributed by atoms with Crippen LogP contribution >= 0.6 is 11.3 Å². The molecule has 1 aliphatic rings. The Morgan fingerprint density at radius 2 is 1.90 bits per heavy atom. The maximum Gasteiger partial charge on any atom is 0.272 e. The van der Waals surface area contributed by atoms with E-state index >= 15 is 0 Å². The van der Waals surface area contributed by atoms with Crippen molar-refractivity contribution in [2.24, 2.45) is 5.41 Å². The largest absolute Gasteiger partial charge is 0.348 e. The predicted molar refractivity (Wildman–Crippen MR) is 119 cm³/mol. The molecular weight excluding hydrogens is 394 g/mol. The van der Waals surface area contributed by atoms with Gasteiger partial charge in [-0.15, -0.1) is 0 Å². The summed E-state index contributed by atoms with van der Waals surface area (Å²) in [6, 6.07) is 15.8. The van der Waals surface area contributed by atoms with Gasteiger partial charge in [-0.25, -0.2) is 0 Å². The molecule has 5 nitrogen and oxygen atoms in total. The summed E-state index contributed by atoms with van der Waals surface area (Å²) in [5.74, 6) is -0.0439. The standard InChI is InChI=1S/C24H25N3O2S/c1-26(2)23(29)24(11-13-27(17-24)22(28)21-5-3-4-12-25-21)15-18-6-8-19(9-7-18)20-10-14-30-16-20/h3-10,12,14,16H,11,13,15,17H2,1-2H3/t24-/m0/s1. The maximum absolute atomic E-state index is 13.2. The summed E-state index contributed by atoms with van der Waals surface area (Å²) in [5, 5.41) is 4.20. The lowest BCUT2D eigenvalue weighted by molar-refractivity contribution is -0.138. The van der Waals surface area contributed by atoms with Crippen LogP contribution in [-0.4, -0.2) is 53.8 Å². The zero-order chi connectivity index (χ0) is 21.1. The lowest BCUT2D eigenvalue weighted by Gasteiger charge is -2.31. The number of hydrogen-bond donors (Lipinski definition) is 0. The molecule has 1 fully saturated rings. The van der Waals surface area contributed by atoms with Crippen molar-refractivity contribution in [2.75, 3.05) is 27.2 Å². The molecule has 3 aromatic rings. The molecule has 0 radical (unpaired) electrons. The van der Waals surface area contributed by atoms with Crippen LogP contribution in [0.3, 0.4) is 0 Å². The Hall–Kier alpha value is -2.99. The Labute approximate surface area is 181 Å². The van der Waals surface area contributed by atoms with Crippen LogP contribution in [0.15, 0.2) is 65.5 Å². The first-order valence-electron chi connectivity index (χ1n) is 10.0. The van der Waals surface area contributed by atoms with Crippen molar-refractivity contribution >= 4 is 23.2 Å². The number of rotatable bonds is 5. The van der Waals surface area contributed by atoms with Crippen LogP contribution in [0.1, 0.15) is 22.5 Å². The lowest BCUT2D eigenvalue weighted by atomic mass is 9.79. The molecule has 0 bridgehead atoms. The highest BCUT2D eigenvalue weighted by Gasteiger charge is 2.47. The van der Waals surface area contributed by atoms with Crippen LogP contribution in [0, 0.1) is 5.41 Å². The number of aromatic nitrogens is 1. The zero-order valence-corrected chi connectivity index (χ0v) is 18.1. The Bertz CT molecular complexity index is 1020. The SMILES string of the molecule is CN(C)C(=O)[C@]1(Cc2ccc(-c3ccsc3)cc2)CCN(C(=O)c2ccccn2)C1. The molecule has 1 aliphatic heterocycles. The van der Waals surface area contributed by atoms with Gasteiger partial charge >= 0.3 is 0 Å². The molecular formula is C24H25N3O2S. The van der Waals surface area contributed by atoms with Gasteiger partial charge in [-0.3, -0.25) is 14.6 Å². The number of carbonyl (C=O) groups excluding carboxylic acids is 2. The second-order valence-corrected chi connectivity index (χ2v) is 8.84. The van der Waals surface area contributed by atoms with Gasteiger partial charge in [0.05, 0.1) is 5.41 Å². The highest BCUT2D eigenvalue weighted by Crippen LogP contribution is 2.37. The number of amides is 2. The number of thiophene rings is 1. The van der Waals surface area contributed by atoms with Crippen molar-refractivity contribution in [2.45, 2.75) is 12.8 Å². The first kappa shape index (κ1) is 20.3. The van der Waals surface area contributed by atoms with Gasteiger partial charge in [-0.2, -0.15) is 11.3 Å². The van der Waals surface area contributed by atoms with Crippen molar-refractivity contribution < 1.29 is 9.59 Å². The molecule has 2 aromatic heterocycles. The maximum atomic E-state index is 13.2. The monoisotopic (exact) mass is 419 g/mol. The van der Waals surface area contributed by atoms with E-state index in [1.165, 1.54) is 11.1 Å². The van der Waals surface area contributed by atoms with Crippen LogP contribution in [0.4, 0.5) is 0 Å².